The molecule has 4 rings (SSSR count). The first-order valence-electron chi connectivity index (χ1n) is 9.36. The Bertz CT molecular complexity index is 1240. The van der Waals surface area contributed by atoms with Gasteiger partial charge in [-0.2, -0.15) is 13.2 Å². The van der Waals surface area contributed by atoms with Crippen LogP contribution < -0.4 is 4.90 Å². The van der Waals surface area contributed by atoms with Crippen molar-refractivity contribution in [2.45, 2.75) is 12.2 Å². The van der Waals surface area contributed by atoms with Gasteiger partial charge in [0.05, 0.1) is 17.2 Å². The Morgan fingerprint density at radius 1 is 0.969 bits per heavy atom. The highest BCUT2D eigenvalue weighted by atomic mass is 19.4. The van der Waals surface area contributed by atoms with Crippen LogP contribution in [0, 0.1) is 0 Å². The number of rotatable bonds is 3. The lowest BCUT2D eigenvalue weighted by Gasteiger charge is -2.26. The number of nitrogens with zero attached hydrogens (tertiary/aromatic N) is 2. The summed E-state index contributed by atoms with van der Waals surface area (Å²) in [5.41, 5.74) is -1.06. The molecule has 0 spiro atoms. The summed E-state index contributed by atoms with van der Waals surface area (Å²) in [5.74, 6) is -2.85. The number of phenolic OH excluding ortho intramolecular Hbond substituents is 1. The molecule has 1 aliphatic rings. The zero-order valence-corrected chi connectivity index (χ0v) is 16.2. The maximum Gasteiger partial charge on any atom is 0.416 e. The van der Waals surface area contributed by atoms with Gasteiger partial charge in [-0.1, -0.05) is 18.2 Å². The average Bonchev–Trinajstić information content (AvgIpc) is 3.04. The predicted octanol–water partition coefficient (Wildman–Crippen LogP) is 4.43. The molecule has 32 heavy (non-hydrogen) atoms. The van der Waals surface area contributed by atoms with Crippen LogP contribution in [0.4, 0.5) is 18.9 Å². The van der Waals surface area contributed by atoms with E-state index in [4.69, 9.17) is 0 Å². The minimum atomic E-state index is -4.67. The number of carbonyl (C=O) groups excluding carboxylic acids is 2. The molecule has 2 aromatic carbocycles. The molecule has 0 saturated carbocycles. The Morgan fingerprint density at radius 2 is 1.66 bits per heavy atom. The van der Waals surface area contributed by atoms with Gasteiger partial charge in [0.1, 0.15) is 11.5 Å². The fourth-order valence-corrected chi connectivity index (χ4v) is 3.61. The van der Waals surface area contributed by atoms with E-state index < -0.39 is 35.2 Å². The number of phenols is 1. The number of aromatic hydroxyl groups is 1. The highest BCUT2D eigenvalue weighted by Gasteiger charge is 2.47. The van der Waals surface area contributed by atoms with E-state index in [0.29, 0.717) is 0 Å². The fourth-order valence-electron chi connectivity index (χ4n) is 3.61. The number of hydrogen-bond acceptors (Lipinski definition) is 5. The smallest absolute Gasteiger partial charge is 0.416 e. The minimum Gasteiger partial charge on any atom is -0.508 e. The van der Waals surface area contributed by atoms with Gasteiger partial charge in [0, 0.05) is 23.6 Å². The van der Waals surface area contributed by atoms with Crippen molar-refractivity contribution in [3.8, 4) is 5.75 Å². The normalized spacial score (nSPS) is 18.2. The third-order valence-electron chi connectivity index (χ3n) is 5.04. The zero-order chi connectivity index (χ0) is 23.0. The summed E-state index contributed by atoms with van der Waals surface area (Å²) in [4.78, 5) is 30.6. The number of hydrogen-bond donors (Lipinski definition) is 2. The zero-order valence-electron chi connectivity index (χ0n) is 16.2. The Morgan fingerprint density at radius 3 is 2.31 bits per heavy atom. The number of amides is 1. The molecule has 1 unspecified atom stereocenters. The van der Waals surface area contributed by atoms with Gasteiger partial charge >= 0.3 is 6.18 Å². The first kappa shape index (κ1) is 21.1. The van der Waals surface area contributed by atoms with Crippen molar-refractivity contribution in [2.75, 3.05) is 4.90 Å². The van der Waals surface area contributed by atoms with Crippen LogP contribution in [0.1, 0.15) is 22.7 Å². The van der Waals surface area contributed by atoms with Crippen molar-refractivity contribution in [1.29, 1.82) is 0 Å². The van der Waals surface area contributed by atoms with Crippen LogP contribution in [-0.2, 0) is 15.8 Å². The van der Waals surface area contributed by atoms with E-state index >= 15 is 0 Å². The van der Waals surface area contributed by atoms with E-state index in [1.54, 1.807) is 0 Å². The third kappa shape index (κ3) is 3.68. The fraction of sp³-hybridized carbons (Fsp3) is 0.0870. The topological polar surface area (TPSA) is 90.7 Å². The molecular formula is C23H15F3N2O4. The summed E-state index contributed by atoms with van der Waals surface area (Å²) in [6.45, 7) is 0. The number of carbonyl (C=O) groups is 2. The molecule has 2 heterocycles. The SMILES string of the molecule is O=C1C(=O)N(c2cccc(C(F)(F)F)c2)C(c2cccc(O)c2)/C1=C(\O)c1ccncc1. The van der Waals surface area contributed by atoms with E-state index in [0.717, 1.165) is 23.1 Å². The van der Waals surface area contributed by atoms with Gasteiger partial charge in [0.25, 0.3) is 11.7 Å². The van der Waals surface area contributed by atoms with Gasteiger partial charge in [-0.3, -0.25) is 19.5 Å². The van der Waals surface area contributed by atoms with Gasteiger partial charge in [0.15, 0.2) is 0 Å². The van der Waals surface area contributed by atoms with E-state index in [-0.39, 0.29) is 28.1 Å². The Labute approximate surface area is 179 Å². The van der Waals surface area contributed by atoms with E-state index in [1.165, 1.54) is 54.9 Å². The number of halogens is 3. The third-order valence-corrected chi connectivity index (χ3v) is 5.04. The van der Waals surface area contributed by atoms with Crippen LogP contribution in [0.2, 0.25) is 0 Å². The van der Waals surface area contributed by atoms with Crippen molar-refractivity contribution in [1.82, 2.24) is 4.98 Å². The van der Waals surface area contributed by atoms with Crippen molar-refractivity contribution < 1.29 is 33.0 Å². The Balaban J connectivity index is 1.96. The lowest BCUT2D eigenvalue weighted by Crippen LogP contribution is -2.29. The summed E-state index contributed by atoms with van der Waals surface area (Å²) in [7, 11) is 0. The number of Topliss-reactive ketones (excluding diaryl/α,β-unsaturated/α-hetero) is 1. The molecule has 2 N–H and O–H groups in total. The Hall–Kier alpha value is -4.14. The molecule has 0 radical (unpaired) electrons. The van der Waals surface area contributed by atoms with Gasteiger partial charge in [-0.25, -0.2) is 0 Å². The first-order chi connectivity index (χ1) is 15.2. The second kappa shape index (κ2) is 7.84. The molecule has 1 saturated heterocycles. The lowest BCUT2D eigenvalue weighted by atomic mass is 9.95. The number of anilines is 1. The van der Waals surface area contributed by atoms with Crippen molar-refractivity contribution in [2.24, 2.45) is 0 Å². The van der Waals surface area contributed by atoms with Gasteiger partial charge in [0.2, 0.25) is 0 Å². The predicted molar refractivity (Wildman–Crippen MR) is 109 cm³/mol. The molecule has 1 fully saturated rings. The van der Waals surface area contributed by atoms with Crippen LogP contribution in [0.3, 0.4) is 0 Å². The van der Waals surface area contributed by atoms with Gasteiger partial charge < -0.3 is 10.2 Å². The molecule has 0 bridgehead atoms. The largest absolute Gasteiger partial charge is 0.508 e. The minimum absolute atomic E-state index is 0.177. The first-order valence-corrected chi connectivity index (χ1v) is 9.36. The molecule has 1 aromatic heterocycles. The molecular weight excluding hydrogens is 425 g/mol. The number of benzene rings is 2. The quantitative estimate of drug-likeness (QED) is 0.357. The highest BCUT2D eigenvalue weighted by molar-refractivity contribution is 6.51. The van der Waals surface area contributed by atoms with Crippen molar-refractivity contribution >= 4 is 23.1 Å². The second-order valence-corrected chi connectivity index (χ2v) is 7.05. The van der Waals surface area contributed by atoms with Gasteiger partial charge in [-0.15, -0.1) is 0 Å². The molecule has 3 aromatic rings. The number of aromatic nitrogens is 1. The van der Waals surface area contributed by atoms with Crippen molar-refractivity contribution in [3.63, 3.8) is 0 Å². The molecule has 6 nitrogen and oxygen atoms in total. The molecule has 9 heteroatoms. The van der Waals surface area contributed by atoms with E-state index in [2.05, 4.69) is 4.98 Å². The average molecular weight is 440 g/mol. The monoisotopic (exact) mass is 440 g/mol. The standard InChI is InChI=1S/C23H15F3N2O4/c24-23(25,26)15-4-2-5-16(12-15)28-19(14-3-1-6-17(29)11-14)18(21(31)22(28)32)20(30)13-7-9-27-10-8-13/h1-12,19,29-30H/b20-18+. The number of pyridine rings is 1. The lowest BCUT2D eigenvalue weighted by molar-refractivity contribution is -0.137. The summed E-state index contributed by atoms with van der Waals surface area (Å²) in [6, 6.07) is 11.2. The summed E-state index contributed by atoms with van der Waals surface area (Å²) in [5, 5.41) is 20.8. The molecule has 0 aliphatic carbocycles. The number of alkyl halides is 3. The van der Waals surface area contributed by atoms with E-state index in [9.17, 15) is 33.0 Å². The number of aliphatic hydroxyl groups excluding tert-OH is 1. The molecule has 162 valence electrons. The van der Waals surface area contributed by atoms with Crippen LogP contribution >= 0.6 is 0 Å². The Kier molecular flexibility index (Phi) is 5.17. The summed E-state index contributed by atoms with van der Waals surface area (Å²) < 4.78 is 39.8. The van der Waals surface area contributed by atoms with Crippen molar-refractivity contribution in [3.05, 3.63) is 95.3 Å². The second-order valence-electron chi connectivity index (χ2n) is 7.05. The summed E-state index contributed by atoms with van der Waals surface area (Å²) >= 11 is 0. The summed E-state index contributed by atoms with van der Waals surface area (Å²) in [6.07, 6.45) is -1.91. The highest BCUT2D eigenvalue weighted by Crippen LogP contribution is 2.43. The van der Waals surface area contributed by atoms with Crippen LogP contribution in [-0.4, -0.2) is 26.9 Å². The van der Waals surface area contributed by atoms with Crippen LogP contribution in [0.25, 0.3) is 5.76 Å². The molecule has 1 atom stereocenters. The maximum atomic E-state index is 13.3. The van der Waals surface area contributed by atoms with Crippen LogP contribution in [0.5, 0.6) is 5.75 Å². The maximum absolute atomic E-state index is 13.3. The van der Waals surface area contributed by atoms with Crippen LogP contribution in [0.15, 0.2) is 78.6 Å². The molecule has 1 amide bonds. The van der Waals surface area contributed by atoms with Gasteiger partial charge in [-0.05, 0) is 48.0 Å². The number of aliphatic hydroxyl groups is 1. The number of ketones is 1. The van der Waals surface area contributed by atoms with E-state index in [1.807, 2.05) is 0 Å². The molecule has 1 aliphatic heterocycles.